The summed E-state index contributed by atoms with van der Waals surface area (Å²) in [6.45, 7) is 0.742. The van der Waals surface area contributed by atoms with Gasteiger partial charge in [-0.25, -0.2) is 8.42 Å². The molecule has 15 heavy (non-hydrogen) atoms. The molecule has 2 unspecified atom stereocenters. The van der Waals surface area contributed by atoms with Crippen LogP contribution in [0.2, 0.25) is 0 Å². The van der Waals surface area contributed by atoms with E-state index in [1.54, 1.807) is 0 Å². The van der Waals surface area contributed by atoms with Gasteiger partial charge in [-0.05, 0) is 25.2 Å². The molecule has 2 aliphatic carbocycles. The summed E-state index contributed by atoms with van der Waals surface area (Å²) in [4.78, 5) is 0. The fourth-order valence-corrected chi connectivity index (χ4v) is 5.58. The SMILES string of the molecule is O=S(=O)(Cl)CC12CC1COC21CCCC1. The average molecular weight is 251 g/mol. The van der Waals surface area contributed by atoms with Gasteiger partial charge in [-0.3, -0.25) is 0 Å². The number of ether oxygens (including phenoxy) is 1. The Balaban J connectivity index is 1.92. The van der Waals surface area contributed by atoms with Crippen molar-refractivity contribution in [3.63, 3.8) is 0 Å². The second kappa shape index (κ2) is 2.90. The van der Waals surface area contributed by atoms with E-state index in [-0.39, 0.29) is 16.8 Å². The van der Waals surface area contributed by atoms with Gasteiger partial charge in [0.15, 0.2) is 0 Å². The van der Waals surface area contributed by atoms with Gasteiger partial charge in [-0.15, -0.1) is 0 Å². The molecule has 0 amide bonds. The zero-order valence-electron chi connectivity index (χ0n) is 8.54. The van der Waals surface area contributed by atoms with Gasteiger partial charge in [0.2, 0.25) is 9.05 Å². The number of fused-ring (bicyclic) bond motifs is 2. The van der Waals surface area contributed by atoms with Gasteiger partial charge < -0.3 is 4.74 Å². The Morgan fingerprint density at radius 1 is 1.33 bits per heavy atom. The molecule has 2 saturated carbocycles. The van der Waals surface area contributed by atoms with Crippen LogP contribution in [0.3, 0.4) is 0 Å². The number of rotatable bonds is 2. The van der Waals surface area contributed by atoms with Crippen molar-refractivity contribution in [2.24, 2.45) is 11.3 Å². The Morgan fingerprint density at radius 3 is 2.53 bits per heavy atom. The van der Waals surface area contributed by atoms with E-state index in [1.807, 2.05) is 0 Å². The third-order valence-electron chi connectivity index (χ3n) is 4.54. The van der Waals surface area contributed by atoms with Crippen molar-refractivity contribution >= 4 is 19.7 Å². The molecule has 1 spiro atoms. The summed E-state index contributed by atoms with van der Waals surface area (Å²) in [5.41, 5.74) is -0.260. The fourth-order valence-electron chi connectivity index (χ4n) is 3.77. The zero-order valence-corrected chi connectivity index (χ0v) is 10.1. The molecule has 3 nitrogen and oxygen atoms in total. The minimum Gasteiger partial charge on any atom is -0.374 e. The Kier molecular flexibility index (Phi) is 2.00. The molecule has 0 aromatic carbocycles. The van der Waals surface area contributed by atoms with Crippen LogP contribution in [0.25, 0.3) is 0 Å². The fraction of sp³-hybridized carbons (Fsp3) is 1.00. The summed E-state index contributed by atoms with van der Waals surface area (Å²) in [6.07, 6.45) is 5.37. The van der Waals surface area contributed by atoms with E-state index >= 15 is 0 Å². The van der Waals surface area contributed by atoms with Crippen molar-refractivity contribution < 1.29 is 13.2 Å². The molecule has 0 aromatic heterocycles. The van der Waals surface area contributed by atoms with Gasteiger partial charge in [0.05, 0.1) is 18.0 Å². The Morgan fingerprint density at radius 2 is 2.00 bits per heavy atom. The van der Waals surface area contributed by atoms with Gasteiger partial charge in [0.25, 0.3) is 0 Å². The van der Waals surface area contributed by atoms with Crippen LogP contribution < -0.4 is 0 Å². The molecule has 1 aliphatic heterocycles. The molecule has 3 rings (SSSR count). The first-order valence-corrected chi connectivity index (χ1v) is 8.02. The molecule has 5 heteroatoms. The summed E-state index contributed by atoms with van der Waals surface area (Å²) >= 11 is 0. The van der Waals surface area contributed by atoms with Crippen molar-refractivity contribution in [2.75, 3.05) is 12.4 Å². The van der Waals surface area contributed by atoms with Crippen molar-refractivity contribution in [3.05, 3.63) is 0 Å². The van der Waals surface area contributed by atoms with Gasteiger partial charge in [-0.1, -0.05) is 12.8 Å². The standard InChI is InChI=1S/C10H15ClO3S/c11-15(12,13)7-9-5-8(9)6-14-10(9)3-1-2-4-10/h8H,1-7H2. The van der Waals surface area contributed by atoms with Crippen molar-refractivity contribution in [2.45, 2.75) is 37.7 Å². The lowest BCUT2D eigenvalue weighted by Gasteiger charge is -2.33. The maximum Gasteiger partial charge on any atom is 0.233 e. The van der Waals surface area contributed by atoms with E-state index in [4.69, 9.17) is 15.4 Å². The second-order valence-electron chi connectivity index (χ2n) is 5.25. The minimum atomic E-state index is -3.40. The predicted molar refractivity (Wildman–Crippen MR) is 57.3 cm³/mol. The molecule has 1 saturated heterocycles. The van der Waals surface area contributed by atoms with Crippen molar-refractivity contribution in [1.82, 2.24) is 0 Å². The molecule has 0 bridgehead atoms. The van der Waals surface area contributed by atoms with Crippen LogP contribution in [0.5, 0.6) is 0 Å². The van der Waals surface area contributed by atoms with Crippen LogP contribution in [0, 0.1) is 11.3 Å². The van der Waals surface area contributed by atoms with Gasteiger partial charge in [0.1, 0.15) is 0 Å². The summed E-state index contributed by atoms with van der Waals surface area (Å²) in [5, 5.41) is 0. The highest BCUT2D eigenvalue weighted by atomic mass is 35.7. The van der Waals surface area contributed by atoms with Gasteiger partial charge in [0, 0.05) is 16.1 Å². The highest BCUT2D eigenvalue weighted by Crippen LogP contribution is 2.70. The van der Waals surface area contributed by atoms with E-state index in [9.17, 15) is 8.42 Å². The largest absolute Gasteiger partial charge is 0.374 e. The average Bonchev–Trinajstić information content (AvgIpc) is 2.56. The second-order valence-corrected chi connectivity index (χ2v) is 8.03. The maximum atomic E-state index is 11.3. The van der Waals surface area contributed by atoms with Crippen LogP contribution in [0.15, 0.2) is 0 Å². The normalized spacial score (nSPS) is 42.1. The molecule has 2 atom stereocenters. The van der Waals surface area contributed by atoms with E-state index in [1.165, 1.54) is 0 Å². The molecule has 3 fully saturated rings. The van der Waals surface area contributed by atoms with E-state index in [0.717, 1.165) is 38.7 Å². The molecule has 1 heterocycles. The van der Waals surface area contributed by atoms with Gasteiger partial charge >= 0.3 is 0 Å². The Labute approximate surface area is 94.6 Å². The molecule has 0 aromatic rings. The third-order valence-corrected chi connectivity index (χ3v) is 5.73. The lowest BCUT2D eigenvalue weighted by Crippen LogP contribution is -2.39. The van der Waals surface area contributed by atoms with Gasteiger partial charge in [-0.2, -0.15) is 0 Å². The Bertz CT molecular complexity index is 380. The maximum absolute atomic E-state index is 11.3. The molecule has 86 valence electrons. The van der Waals surface area contributed by atoms with E-state index in [0.29, 0.717) is 5.92 Å². The Hall–Kier alpha value is 0.200. The minimum absolute atomic E-state index is 0.117. The van der Waals surface area contributed by atoms with Crippen LogP contribution in [0.1, 0.15) is 32.1 Å². The first-order chi connectivity index (χ1) is 6.98. The monoisotopic (exact) mass is 250 g/mol. The van der Waals surface area contributed by atoms with Crippen LogP contribution in [-0.2, 0) is 13.8 Å². The van der Waals surface area contributed by atoms with Crippen LogP contribution >= 0.6 is 10.7 Å². The van der Waals surface area contributed by atoms with Crippen molar-refractivity contribution in [3.8, 4) is 0 Å². The summed E-state index contributed by atoms with van der Waals surface area (Å²) in [5.74, 6) is 0.566. The molecular formula is C10H15ClO3S. The van der Waals surface area contributed by atoms with Crippen LogP contribution in [0.4, 0.5) is 0 Å². The quantitative estimate of drug-likeness (QED) is 0.703. The summed E-state index contributed by atoms with van der Waals surface area (Å²) in [7, 11) is 2.01. The topological polar surface area (TPSA) is 43.4 Å². The lowest BCUT2D eigenvalue weighted by atomic mass is 9.84. The summed E-state index contributed by atoms with van der Waals surface area (Å²) in [6, 6.07) is 0. The van der Waals surface area contributed by atoms with E-state index in [2.05, 4.69) is 0 Å². The number of hydrogen-bond acceptors (Lipinski definition) is 3. The highest BCUT2D eigenvalue weighted by Gasteiger charge is 2.72. The molecule has 0 radical (unpaired) electrons. The summed E-state index contributed by atoms with van der Waals surface area (Å²) < 4.78 is 28.4. The first-order valence-electron chi connectivity index (χ1n) is 5.54. The molecule has 0 N–H and O–H groups in total. The first kappa shape index (κ1) is 10.4. The van der Waals surface area contributed by atoms with E-state index < -0.39 is 9.05 Å². The predicted octanol–water partition coefficient (Wildman–Crippen LogP) is 1.90. The number of halogens is 1. The number of hydrogen-bond donors (Lipinski definition) is 0. The molecule has 3 aliphatic rings. The third kappa shape index (κ3) is 1.38. The lowest BCUT2D eigenvalue weighted by molar-refractivity contribution is -0.0428. The smallest absolute Gasteiger partial charge is 0.233 e. The highest BCUT2D eigenvalue weighted by molar-refractivity contribution is 8.13. The van der Waals surface area contributed by atoms with Crippen LogP contribution in [-0.4, -0.2) is 26.4 Å². The molecular weight excluding hydrogens is 236 g/mol. The van der Waals surface area contributed by atoms with Crippen molar-refractivity contribution in [1.29, 1.82) is 0 Å². The zero-order chi connectivity index (χ0) is 10.7.